The topological polar surface area (TPSA) is 97.1 Å². The summed E-state index contributed by atoms with van der Waals surface area (Å²) < 4.78 is 18.5. The summed E-state index contributed by atoms with van der Waals surface area (Å²) in [6.07, 6.45) is 5.74. The average Bonchev–Trinajstić information content (AvgIpc) is 3.16. The molecule has 3 rings (SSSR count). The van der Waals surface area contributed by atoms with E-state index < -0.39 is 5.91 Å². The van der Waals surface area contributed by atoms with Gasteiger partial charge in [-0.05, 0) is 37.1 Å². The zero-order chi connectivity index (χ0) is 19.1. The molecule has 2 amide bonds. The summed E-state index contributed by atoms with van der Waals surface area (Å²) >= 11 is 1.14. The zero-order valence-corrected chi connectivity index (χ0v) is 15.6. The number of hydrogen-bond acceptors (Lipinski definition) is 6. The van der Waals surface area contributed by atoms with Gasteiger partial charge in [0.1, 0.15) is 5.82 Å². The van der Waals surface area contributed by atoms with Gasteiger partial charge in [0.2, 0.25) is 17.7 Å². The van der Waals surface area contributed by atoms with E-state index in [0.717, 1.165) is 24.6 Å². The van der Waals surface area contributed by atoms with Crippen LogP contribution < -0.4 is 10.6 Å². The van der Waals surface area contributed by atoms with Crippen molar-refractivity contribution in [1.82, 2.24) is 15.5 Å². The Morgan fingerprint density at radius 2 is 1.85 bits per heavy atom. The van der Waals surface area contributed by atoms with Crippen molar-refractivity contribution < 1.29 is 18.4 Å². The second-order valence-electron chi connectivity index (χ2n) is 6.36. The lowest BCUT2D eigenvalue weighted by atomic mass is 9.89. The number of hydrogen-bond donors (Lipinski definition) is 2. The maximum atomic E-state index is 12.8. The van der Waals surface area contributed by atoms with Crippen LogP contribution in [0.4, 0.5) is 10.1 Å². The number of rotatable bonds is 7. The van der Waals surface area contributed by atoms with E-state index in [-0.39, 0.29) is 24.0 Å². The molecule has 9 heteroatoms. The van der Waals surface area contributed by atoms with E-state index in [1.54, 1.807) is 0 Å². The highest BCUT2D eigenvalue weighted by Crippen LogP contribution is 2.32. The number of halogens is 1. The molecule has 0 radical (unpaired) electrons. The smallest absolute Gasteiger partial charge is 0.277 e. The Hall–Kier alpha value is -2.42. The van der Waals surface area contributed by atoms with Crippen molar-refractivity contribution in [2.75, 3.05) is 17.6 Å². The first-order valence-corrected chi connectivity index (χ1v) is 9.87. The molecule has 1 heterocycles. The summed E-state index contributed by atoms with van der Waals surface area (Å²) in [4.78, 5) is 23.7. The highest BCUT2D eigenvalue weighted by Gasteiger charge is 2.21. The van der Waals surface area contributed by atoms with Crippen LogP contribution >= 0.6 is 11.8 Å². The minimum absolute atomic E-state index is 0.0795. The van der Waals surface area contributed by atoms with Crippen LogP contribution in [0, 0.1) is 5.82 Å². The van der Waals surface area contributed by atoms with Gasteiger partial charge in [-0.2, -0.15) is 0 Å². The van der Waals surface area contributed by atoms with Crippen molar-refractivity contribution in [3.05, 3.63) is 36.0 Å². The van der Waals surface area contributed by atoms with Crippen molar-refractivity contribution in [3.8, 4) is 0 Å². The molecular weight excluding hydrogens is 371 g/mol. The molecule has 1 fully saturated rings. The molecule has 0 bridgehead atoms. The fourth-order valence-electron chi connectivity index (χ4n) is 2.89. The number of benzene rings is 1. The fraction of sp³-hybridized carbons (Fsp3) is 0.444. The summed E-state index contributed by atoms with van der Waals surface area (Å²) in [7, 11) is 0. The third kappa shape index (κ3) is 6.06. The second-order valence-corrected chi connectivity index (χ2v) is 7.29. The third-order valence-corrected chi connectivity index (χ3v) is 5.10. The Balaban J connectivity index is 1.37. The SMILES string of the molecule is O=C(CSc1nnc(C2CCCCC2)o1)NCC(=O)Nc1ccc(F)cc1. The van der Waals surface area contributed by atoms with Crippen LogP contribution in [-0.4, -0.2) is 34.3 Å². The first kappa shape index (κ1) is 19.3. The number of anilines is 1. The number of amides is 2. The minimum atomic E-state index is -0.391. The highest BCUT2D eigenvalue weighted by molar-refractivity contribution is 7.99. The molecule has 1 aliphatic rings. The lowest BCUT2D eigenvalue weighted by Gasteiger charge is -2.17. The Labute approximate surface area is 160 Å². The number of carbonyl (C=O) groups excluding carboxylic acids is 2. The van der Waals surface area contributed by atoms with Crippen LogP contribution in [0.5, 0.6) is 0 Å². The predicted molar refractivity (Wildman–Crippen MR) is 98.9 cm³/mol. The number of thioether (sulfide) groups is 1. The minimum Gasteiger partial charge on any atom is -0.416 e. The van der Waals surface area contributed by atoms with Gasteiger partial charge in [-0.15, -0.1) is 10.2 Å². The maximum absolute atomic E-state index is 12.8. The third-order valence-electron chi connectivity index (χ3n) is 4.28. The van der Waals surface area contributed by atoms with Crippen LogP contribution in [0.2, 0.25) is 0 Å². The van der Waals surface area contributed by atoms with Gasteiger partial charge < -0.3 is 15.1 Å². The van der Waals surface area contributed by atoms with Crippen molar-refractivity contribution in [1.29, 1.82) is 0 Å². The molecule has 7 nitrogen and oxygen atoms in total. The summed E-state index contributed by atoms with van der Waals surface area (Å²) in [6.45, 7) is -0.173. The largest absolute Gasteiger partial charge is 0.416 e. The lowest BCUT2D eigenvalue weighted by molar-refractivity contribution is -0.122. The summed E-state index contributed by atoms with van der Waals surface area (Å²) in [5.74, 6) is -0.0354. The lowest BCUT2D eigenvalue weighted by Crippen LogP contribution is -2.33. The maximum Gasteiger partial charge on any atom is 0.277 e. The Kier molecular flexibility index (Phi) is 6.80. The Bertz CT molecular complexity index is 775. The van der Waals surface area contributed by atoms with Crippen molar-refractivity contribution >= 4 is 29.3 Å². The molecule has 27 heavy (non-hydrogen) atoms. The predicted octanol–water partition coefficient (Wildman–Crippen LogP) is 3.10. The molecule has 1 aromatic carbocycles. The first-order valence-electron chi connectivity index (χ1n) is 8.88. The van der Waals surface area contributed by atoms with Crippen LogP contribution in [0.25, 0.3) is 0 Å². The molecule has 1 aromatic heterocycles. The van der Waals surface area contributed by atoms with Crippen molar-refractivity contribution in [2.45, 2.75) is 43.2 Å². The Morgan fingerprint density at radius 1 is 1.11 bits per heavy atom. The number of aromatic nitrogens is 2. The van der Waals surface area contributed by atoms with E-state index in [4.69, 9.17) is 4.42 Å². The Morgan fingerprint density at radius 3 is 2.59 bits per heavy atom. The van der Waals surface area contributed by atoms with Gasteiger partial charge >= 0.3 is 0 Å². The molecule has 1 saturated carbocycles. The highest BCUT2D eigenvalue weighted by atomic mass is 32.2. The summed E-state index contributed by atoms with van der Waals surface area (Å²) in [5, 5.41) is 13.5. The van der Waals surface area contributed by atoms with Gasteiger partial charge in [-0.25, -0.2) is 4.39 Å². The number of nitrogens with one attached hydrogen (secondary N) is 2. The van der Waals surface area contributed by atoms with Gasteiger partial charge in [0.15, 0.2) is 0 Å². The summed E-state index contributed by atoms with van der Waals surface area (Å²) in [5.41, 5.74) is 0.464. The summed E-state index contributed by atoms with van der Waals surface area (Å²) in [6, 6.07) is 5.39. The van der Waals surface area contributed by atoms with Gasteiger partial charge in [-0.3, -0.25) is 9.59 Å². The van der Waals surface area contributed by atoms with E-state index in [2.05, 4.69) is 20.8 Å². The molecule has 0 saturated heterocycles. The van der Waals surface area contributed by atoms with E-state index in [0.29, 0.717) is 22.7 Å². The van der Waals surface area contributed by atoms with Gasteiger partial charge in [0, 0.05) is 11.6 Å². The van der Waals surface area contributed by atoms with Gasteiger partial charge in [0.25, 0.3) is 5.22 Å². The van der Waals surface area contributed by atoms with Crippen LogP contribution in [0.15, 0.2) is 33.9 Å². The zero-order valence-electron chi connectivity index (χ0n) is 14.7. The van der Waals surface area contributed by atoms with Crippen LogP contribution in [0.3, 0.4) is 0 Å². The molecular formula is C18H21FN4O3S. The molecule has 2 N–H and O–H groups in total. The van der Waals surface area contributed by atoms with Crippen molar-refractivity contribution in [2.24, 2.45) is 0 Å². The standard InChI is InChI=1S/C18H21FN4O3S/c19-13-6-8-14(9-7-13)21-15(24)10-20-16(25)11-27-18-23-22-17(26-18)12-4-2-1-3-5-12/h6-9,12H,1-5,10-11H2,(H,20,25)(H,21,24). The number of nitrogens with zero attached hydrogens (tertiary/aromatic N) is 2. The van der Waals surface area contributed by atoms with E-state index in [9.17, 15) is 14.0 Å². The quantitative estimate of drug-likeness (QED) is 0.703. The number of carbonyl (C=O) groups is 2. The van der Waals surface area contributed by atoms with Gasteiger partial charge in [-0.1, -0.05) is 31.0 Å². The first-order chi connectivity index (χ1) is 13.1. The molecule has 144 valence electrons. The van der Waals surface area contributed by atoms with Gasteiger partial charge in [0.05, 0.1) is 12.3 Å². The second kappa shape index (κ2) is 9.50. The van der Waals surface area contributed by atoms with Crippen LogP contribution in [0.1, 0.15) is 43.9 Å². The van der Waals surface area contributed by atoms with Crippen LogP contribution in [-0.2, 0) is 9.59 Å². The molecule has 0 unspecified atom stereocenters. The van der Waals surface area contributed by atoms with Crippen molar-refractivity contribution in [3.63, 3.8) is 0 Å². The normalized spacial score (nSPS) is 14.7. The molecule has 2 aromatic rings. The fourth-order valence-corrected chi connectivity index (χ4v) is 3.49. The van der Waals surface area contributed by atoms with E-state index >= 15 is 0 Å². The van der Waals surface area contributed by atoms with E-state index in [1.807, 2.05) is 0 Å². The average molecular weight is 392 g/mol. The molecule has 0 spiro atoms. The monoisotopic (exact) mass is 392 g/mol. The van der Waals surface area contributed by atoms with E-state index in [1.165, 1.54) is 43.5 Å². The molecule has 0 aliphatic heterocycles. The molecule has 0 atom stereocenters. The molecule has 1 aliphatic carbocycles.